The van der Waals surface area contributed by atoms with Crippen LogP contribution >= 0.6 is 0 Å². The molecule has 6 rings (SSSR count). The van der Waals surface area contributed by atoms with Gasteiger partial charge in [0.2, 0.25) is 12.3 Å². The number of methoxy groups -OCH3 is 1. The maximum absolute atomic E-state index is 13.5. The Morgan fingerprint density at radius 2 is 1.69 bits per heavy atom. The largest absolute Gasteiger partial charge is 0.495 e. The molecule has 0 aromatic heterocycles. The molecule has 1 heterocycles. The van der Waals surface area contributed by atoms with Gasteiger partial charge in [0.15, 0.2) is 0 Å². The van der Waals surface area contributed by atoms with Gasteiger partial charge in [-0.25, -0.2) is 0 Å². The molecular weight excluding hydrogens is 366 g/mol. The van der Waals surface area contributed by atoms with E-state index in [1.165, 1.54) is 19.3 Å². The second-order valence-corrected chi connectivity index (χ2v) is 9.67. The van der Waals surface area contributed by atoms with Crippen LogP contribution in [-0.2, 0) is 9.59 Å². The molecule has 156 valence electrons. The molecule has 1 aliphatic heterocycles. The summed E-state index contributed by atoms with van der Waals surface area (Å²) in [6.07, 6.45) is 8.08. The first-order chi connectivity index (χ1) is 14.1. The van der Waals surface area contributed by atoms with E-state index in [-0.39, 0.29) is 11.3 Å². The van der Waals surface area contributed by atoms with Gasteiger partial charge in [-0.1, -0.05) is 0 Å². The van der Waals surface area contributed by atoms with Crippen LogP contribution < -0.4 is 15.0 Å². The van der Waals surface area contributed by atoms with Crippen molar-refractivity contribution in [3.8, 4) is 5.75 Å². The molecule has 5 aliphatic rings. The first kappa shape index (κ1) is 18.8. The van der Waals surface area contributed by atoms with Gasteiger partial charge in [-0.15, -0.1) is 0 Å². The number of piperazine rings is 1. The minimum absolute atomic E-state index is 0.175. The molecular formula is C23H31N3O3. The molecule has 0 atom stereocenters. The lowest BCUT2D eigenvalue weighted by molar-refractivity contribution is -0.140. The number of hydrogen-bond acceptors (Lipinski definition) is 4. The summed E-state index contributed by atoms with van der Waals surface area (Å²) in [7, 11) is 1.65. The van der Waals surface area contributed by atoms with Gasteiger partial charge in [-0.3, -0.25) is 9.59 Å². The molecule has 0 radical (unpaired) electrons. The van der Waals surface area contributed by atoms with Crippen LogP contribution in [0.4, 0.5) is 11.4 Å². The zero-order valence-electron chi connectivity index (χ0n) is 17.2. The van der Waals surface area contributed by atoms with Crippen molar-refractivity contribution >= 4 is 23.7 Å². The molecule has 6 heteroatoms. The van der Waals surface area contributed by atoms with Gasteiger partial charge < -0.3 is 19.9 Å². The average molecular weight is 398 g/mol. The minimum Gasteiger partial charge on any atom is -0.495 e. The quantitative estimate of drug-likeness (QED) is 0.776. The standard InChI is InChI=1S/C23H31N3O3/c1-29-21-3-2-19(26-6-4-25(15-27)5-7-26)11-20(21)24-22(28)23-12-16-8-17(13-23)10-18(9-16)14-23/h2-3,11,15-18H,4-10,12-14H2,1H3,(H,24,28). The highest BCUT2D eigenvalue weighted by molar-refractivity contribution is 5.97. The fourth-order valence-electron chi connectivity index (χ4n) is 6.72. The molecule has 6 nitrogen and oxygen atoms in total. The molecule has 1 saturated heterocycles. The van der Waals surface area contributed by atoms with Crippen molar-refractivity contribution < 1.29 is 14.3 Å². The molecule has 0 unspecified atom stereocenters. The predicted octanol–water partition coefficient (Wildman–Crippen LogP) is 3.13. The normalized spacial score (nSPS) is 32.9. The number of carbonyl (C=O) groups is 2. The van der Waals surface area contributed by atoms with Crippen molar-refractivity contribution in [1.82, 2.24) is 4.90 Å². The molecule has 2 amide bonds. The topological polar surface area (TPSA) is 61.9 Å². The van der Waals surface area contributed by atoms with Gasteiger partial charge in [-0.05, 0) is 74.5 Å². The number of ether oxygens (including phenoxy) is 1. The maximum Gasteiger partial charge on any atom is 0.230 e. The van der Waals surface area contributed by atoms with Gasteiger partial charge >= 0.3 is 0 Å². The molecule has 1 aromatic rings. The van der Waals surface area contributed by atoms with E-state index in [1.54, 1.807) is 12.0 Å². The number of nitrogens with zero attached hydrogens (tertiary/aromatic N) is 2. The van der Waals surface area contributed by atoms with E-state index in [0.717, 1.165) is 81.0 Å². The molecule has 1 aromatic carbocycles. The first-order valence-corrected chi connectivity index (χ1v) is 11.0. The Morgan fingerprint density at radius 3 is 2.24 bits per heavy atom. The highest BCUT2D eigenvalue weighted by Gasteiger charge is 2.54. The maximum atomic E-state index is 13.5. The molecule has 5 fully saturated rings. The lowest BCUT2D eigenvalue weighted by atomic mass is 9.49. The zero-order chi connectivity index (χ0) is 20.0. The van der Waals surface area contributed by atoms with Crippen molar-refractivity contribution in [2.24, 2.45) is 23.2 Å². The summed E-state index contributed by atoms with van der Waals surface area (Å²) in [6.45, 7) is 3.05. The SMILES string of the molecule is COc1ccc(N2CCN(C=O)CC2)cc1NC(=O)C12CC3CC(CC(C3)C1)C2. The lowest BCUT2D eigenvalue weighted by Crippen LogP contribution is -2.51. The Balaban J connectivity index is 1.35. The number of rotatable bonds is 5. The van der Waals surface area contributed by atoms with E-state index in [4.69, 9.17) is 4.74 Å². The van der Waals surface area contributed by atoms with E-state index in [2.05, 4.69) is 10.2 Å². The summed E-state index contributed by atoms with van der Waals surface area (Å²) in [5.74, 6) is 3.13. The fraction of sp³-hybridized carbons (Fsp3) is 0.652. The fourth-order valence-corrected chi connectivity index (χ4v) is 6.72. The number of benzene rings is 1. The van der Waals surface area contributed by atoms with Crippen molar-refractivity contribution in [2.45, 2.75) is 38.5 Å². The number of anilines is 2. The van der Waals surface area contributed by atoms with E-state index in [9.17, 15) is 9.59 Å². The molecule has 4 bridgehead atoms. The average Bonchev–Trinajstić information content (AvgIpc) is 2.73. The molecule has 4 saturated carbocycles. The number of nitrogens with one attached hydrogen (secondary N) is 1. The van der Waals surface area contributed by atoms with Crippen molar-refractivity contribution in [2.75, 3.05) is 43.5 Å². The first-order valence-electron chi connectivity index (χ1n) is 11.0. The molecule has 1 N–H and O–H groups in total. The molecule has 0 spiro atoms. The summed E-state index contributed by atoms with van der Waals surface area (Å²) in [6, 6.07) is 6.01. The van der Waals surface area contributed by atoms with Crippen LogP contribution in [0.1, 0.15) is 38.5 Å². The Labute approximate surface area is 172 Å². The Kier molecular flexibility index (Phi) is 4.67. The van der Waals surface area contributed by atoms with Gasteiger partial charge in [0.1, 0.15) is 5.75 Å². The van der Waals surface area contributed by atoms with Crippen molar-refractivity contribution in [3.05, 3.63) is 18.2 Å². The zero-order valence-corrected chi connectivity index (χ0v) is 17.2. The van der Waals surface area contributed by atoms with Gasteiger partial charge in [0.05, 0.1) is 18.2 Å². The third-order valence-electron chi connectivity index (χ3n) is 7.78. The molecule has 4 aliphatic carbocycles. The smallest absolute Gasteiger partial charge is 0.230 e. The lowest BCUT2D eigenvalue weighted by Gasteiger charge is -2.55. The molecule has 29 heavy (non-hydrogen) atoms. The van der Waals surface area contributed by atoms with Gasteiger partial charge in [-0.2, -0.15) is 0 Å². The second-order valence-electron chi connectivity index (χ2n) is 9.67. The van der Waals surface area contributed by atoms with E-state index in [0.29, 0.717) is 5.75 Å². The summed E-state index contributed by atoms with van der Waals surface area (Å²) in [5.41, 5.74) is 1.66. The third kappa shape index (κ3) is 3.36. The minimum atomic E-state index is -0.175. The number of carbonyl (C=O) groups excluding carboxylic acids is 2. The summed E-state index contributed by atoms with van der Waals surface area (Å²) in [4.78, 5) is 28.5. The highest BCUT2D eigenvalue weighted by atomic mass is 16.5. The number of amides is 2. The predicted molar refractivity (Wildman–Crippen MR) is 112 cm³/mol. The van der Waals surface area contributed by atoms with E-state index < -0.39 is 0 Å². The highest BCUT2D eigenvalue weighted by Crippen LogP contribution is 2.60. The number of hydrogen-bond donors (Lipinski definition) is 1. The van der Waals surface area contributed by atoms with Crippen LogP contribution in [0, 0.1) is 23.2 Å². The summed E-state index contributed by atoms with van der Waals surface area (Å²) >= 11 is 0. The van der Waals surface area contributed by atoms with Gasteiger partial charge in [0, 0.05) is 31.9 Å². The van der Waals surface area contributed by atoms with E-state index in [1.807, 2.05) is 18.2 Å². The Morgan fingerprint density at radius 1 is 1.07 bits per heavy atom. The van der Waals surface area contributed by atoms with Crippen LogP contribution in [0.15, 0.2) is 18.2 Å². The van der Waals surface area contributed by atoms with Crippen LogP contribution in [-0.4, -0.2) is 50.5 Å². The van der Waals surface area contributed by atoms with Crippen molar-refractivity contribution in [1.29, 1.82) is 0 Å². The monoisotopic (exact) mass is 397 g/mol. The Bertz CT molecular complexity index is 765. The Hall–Kier alpha value is -2.24. The van der Waals surface area contributed by atoms with Crippen LogP contribution in [0.25, 0.3) is 0 Å². The van der Waals surface area contributed by atoms with Crippen LogP contribution in [0.5, 0.6) is 5.75 Å². The second kappa shape index (κ2) is 7.22. The van der Waals surface area contributed by atoms with Gasteiger partial charge in [0.25, 0.3) is 0 Å². The van der Waals surface area contributed by atoms with Crippen LogP contribution in [0.3, 0.4) is 0 Å². The van der Waals surface area contributed by atoms with E-state index >= 15 is 0 Å². The van der Waals surface area contributed by atoms with Crippen LogP contribution in [0.2, 0.25) is 0 Å². The summed E-state index contributed by atoms with van der Waals surface area (Å²) < 4.78 is 5.55. The van der Waals surface area contributed by atoms with Crippen molar-refractivity contribution in [3.63, 3.8) is 0 Å². The third-order valence-corrected chi connectivity index (χ3v) is 7.78. The summed E-state index contributed by atoms with van der Waals surface area (Å²) in [5, 5.41) is 3.26.